The zero-order valence-electron chi connectivity index (χ0n) is 16.5. The van der Waals surface area contributed by atoms with Crippen LogP contribution < -0.4 is 4.74 Å². The van der Waals surface area contributed by atoms with E-state index in [1.54, 1.807) is 11.8 Å². The number of likely N-dealkylation sites (tertiary alicyclic amines) is 2. The molecule has 0 spiro atoms. The topological polar surface area (TPSA) is 32.8 Å². The first-order valence-electron chi connectivity index (χ1n) is 10.2. The van der Waals surface area contributed by atoms with Crippen molar-refractivity contribution in [2.75, 3.05) is 32.4 Å². The molecule has 2 aliphatic rings. The highest BCUT2D eigenvalue weighted by Gasteiger charge is 2.31. The second-order valence-electron chi connectivity index (χ2n) is 7.60. The first kappa shape index (κ1) is 19.3. The largest absolute Gasteiger partial charge is 0.457 e. The lowest BCUT2D eigenvalue weighted by Gasteiger charge is -2.28. The number of hydrogen-bond donors (Lipinski definition) is 0. The maximum Gasteiger partial charge on any atom is 0.254 e. The molecule has 1 unspecified atom stereocenters. The number of benzene rings is 2. The Morgan fingerprint density at radius 1 is 0.964 bits per heavy atom. The summed E-state index contributed by atoms with van der Waals surface area (Å²) < 4.78 is 5.91. The number of rotatable bonds is 6. The number of thioether (sulfide) groups is 1. The van der Waals surface area contributed by atoms with Gasteiger partial charge in [-0.25, -0.2) is 0 Å². The number of amides is 1. The summed E-state index contributed by atoms with van der Waals surface area (Å²) in [4.78, 5) is 18.8. The van der Waals surface area contributed by atoms with Crippen molar-refractivity contribution in [2.45, 2.75) is 36.6 Å². The minimum Gasteiger partial charge on any atom is -0.457 e. The van der Waals surface area contributed by atoms with E-state index in [-0.39, 0.29) is 5.91 Å². The maximum absolute atomic E-state index is 13.0. The van der Waals surface area contributed by atoms with Gasteiger partial charge in [-0.15, -0.1) is 11.8 Å². The Labute approximate surface area is 171 Å². The Hall–Kier alpha value is -1.98. The quantitative estimate of drug-likeness (QED) is 0.650. The molecule has 1 atom stereocenters. The summed E-state index contributed by atoms with van der Waals surface area (Å²) in [6.07, 6.45) is 6.87. The lowest BCUT2D eigenvalue weighted by Crippen LogP contribution is -2.42. The van der Waals surface area contributed by atoms with E-state index in [1.165, 1.54) is 30.8 Å². The van der Waals surface area contributed by atoms with E-state index in [4.69, 9.17) is 4.74 Å². The van der Waals surface area contributed by atoms with E-state index in [1.807, 2.05) is 48.5 Å². The van der Waals surface area contributed by atoms with Gasteiger partial charge in [-0.1, -0.05) is 0 Å². The lowest BCUT2D eigenvalue weighted by molar-refractivity contribution is 0.0709. The highest BCUT2D eigenvalue weighted by molar-refractivity contribution is 7.98. The smallest absolute Gasteiger partial charge is 0.254 e. The number of carbonyl (C=O) groups is 1. The Morgan fingerprint density at radius 3 is 2.25 bits per heavy atom. The molecule has 2 aromatic carbocycles. The molecule has 0 N–H and O–H groups in total. The zero-order chi connectivity index (χ0) is 19.3. The molecule has 28 heavy (non-hydrogen) atoms. The molecule has 2 aliphatic heterocycles. The molecule has 5 heteroatoms. The molecule has 0 saturated carbocycles. The van der Waals surface area contributed by atoms with Crippen molar-refractivity contribution in [3.8, 4) is 11.5 Å². The van der Waals surface area contributed by atoms with Crippen LogP contribution in [-0.2, 0) is 0 Å². The van der Waals surface area contributed by atoms with Crippen molar-refractivity contribution in [3.63, 3.8) is 0 Å². The third-order valence-corrected chi connectivity index (χ3v) is 6.45. The van der Waals surface area contributed by atoms with Crippen molar-refractivity contribution in [2.24, 2.45) is 0 Å². The van der Waals surface area contributed by atoms with Gasteiger partial charge in [0.05, 0.1) is 0 Å². The van der Waals surface area contributed by atoms with Gasteiger partial charge in [0.2, 0.25) is 0 Å². The fraction of sp³-hybridized carbons (Fsp3) is 0.435. The number of ether oxygens (including phenoxy) is 1. The molecule has 2 fully saturated rings. The van der Waals surface area contributed by atoms with Gasteiger partial charge in [0.1, 0.15) is 11.5 Å². The third kappa shape index (κ3) is 4.53. The van der Waals surface area contributed by atoms with E-state index in [2.05, 4.69) is 16.1 Å². The lowest BCUT2D eigenvalue weighted by atomic mass is 10.1. The Kier molecular flexibility index (Phi) is 6.23. The second-order valence-corrected chi connectivity index (χ2v) is 8.48. The Balaban J connectivity index is 1.38. The van der Waals surface area contributed by atoms with E-state index in [0.29, 0.717) is 6.04 Å². The summed E-state index contributed by atoms with van der Waals surface area (Å²) >= 11 is 1.71. The van der Waals surface area contributed by atoms with Gasteiger partial charge in [-0.3, -0.25) is 4.79 Å². The van der Waals surface area contributed by atoms with E-state index >= 15 is 0 Å². The molecule has 2 aromatic rings. The highest BCUT2D eigenvalue weighted by atomic mass is 32.2. The summed E-state index contributed by atoms with van der Waals surface area (Å²) in [6, 6.07) is 15.9. The predicted molar refractivity (Wildman–Crippen MR) is 114 cm³/mol. The van der Waals surface area contributed by atoms with Crippen molar-refractivity contribution in [1.29, 1.82) is 0 Å². The minimum atomic E-state index is 0.151. The summed E-state index contributed by atoms with van der Waals surface area (Å²) in [7, 11) is 0. The van der Waals surface area contributed by atoms with Crippen LogP contribution in [0.15, 0.2) is 53.4 Å². The number of nitrogens with zero attached hydrogens (tertiary/aromatic N) is 2. The van der Waals surface area contributed by atoms with Crippen LogP contribution in [0, 0.1) is 0 Å². The molecule has 1 amide bonds. The average molecular weight is 397 g/mol. The summed E-state index contributed by atoms with van der Waals surface area (Å²) in [5, 5.41) is 0. The predicted octanol–water partition coefficient (Wildman–Crippen LogP) is 4.90. The fourth-order valence-electron chi connectivity index (χ4n) is 4.17. The first-order chi connectivity index (χ1) is 13.7. The van der Waals surface area contributed by atoms with E-state index in [9.17, 15) is 4.79 Å². The van der Waals surface area contributed by atoms with Crippen molar-refractivity contribution >= 4 is 17.7 Å². The van der Waals surface area contributed by atoms with Crippen LogP contribution >= 0.6 is 11.8 Å². The van der Waals surface area contributed by atoms with E-state index < -0.39 is 0 Å². The minimum absolute atomic E-state index is 0.151. The van der Waals surface area contributed by atoms with Gasteiger partial charge in [-0.2, -0.15) is 0 Å². The monoisotopic (exact) mass is 396 g/mol. The summed E-state index contributed by atoms with van der Waals surface area (Å²) in [6.45, 7) is 4.27. The van der Waals surface area contributed by atoms with Crippen LogP contribution in [0.4, 0.5) is 0 Å². The molecule has 0 bridgehead atoms. The van der Waals surface area contributed by atoms with Crippen LogP contribution in [0.3, 0.4) is 0 Å². The Bertz CT molecular complexity index is 785. The highest BCUT2D eigenvalue weighted by Crippen LogP contribution is 2.26. The average Bonchev–Trinajstić information content (AvgIpc) is 3.41. The maximum atomic E-state index is 13.0. The molecule has 4 rings (SSSR count). The number of hydrogen-bond acceptors (Lipinski definition) is 4. The molecule has 4 nitrogen and oxygen atoms in total. The summed E-state index contributed by atoms with van der Waals surface area (Å²) in [5.74, 6) is 1.71. The van der Waals surface area contributed by atoms with Gasteiger partial charge in [-0.05, 0) is 93.6 Å². The second kappa shape index (κ2) is 9.01. The van der Waals surface area contributed by atoms with Gasteiger partial charge >= 0.3 is 0 Å². The third-order valence-electron chi connectivity index (χ3n) is 5.70. The molecular weight excluding hydrogens is 368 g/mol. The van der Waals surface area contributed by atoms with Crippen molar-refractivity contribution in [1.82, 2.24) is 9.80 Å². The molecule has 0 radical (unpaired) electrons. The number of carbonyl (C=O) groups excluding carboxylic acids is 1. The fourth-order valence-corrected chi connectivity index (χ4v) is 4.58. The van der Waals surface area contributed by atoms with Gasteiger partial charge in [0.15, 0.2) is 0 Å². The van der Waals surface area contributed by atoms with Crippen LogP contribution in [0.5, 0.6) is 11.5 Å². The molecular formula is C23H28N2O2S. The van der Waals surface area contributed by atoms with Crippen molar-refractivity contribution in [3.05, 3.63) is 54.1 Å². The van der Waals surface area contributed by atoms with Gasteiger partial charge in [0, 0.05) is 29.6 Å². The SMILES string of the molecule is CSc1ccc(Oc2ccc(C(=O)N3CCCC3CN3CCCC3)cc2)cc1. The van der Waals surface area contributed by atoms with E-state index in [0.717, 1.165) is 43.0 Å². The normalized spacial score (nSPS) is 19.9. The van der Waals surface area contributed by atoms with Crippen LogP contribution in [0.2, 0.25) is 0 Å². The summed E-state index contributed by atoms with van der Waals surface area (Å²) in [5.41, 5.74) is 0.749. The van der Waals surface area contributed by atoms with Gasteiger partial charge < -0.3 is 14.5 Å². The Morgan fingerprint density at radius 2 is 1.61 bits per heavy atom. The zero-order valence-corrected chi connectivity index (χ0v) is 17.3. The van der Waals surface area contributed by atoms with Crippen molar-refractivity contribution < 1.29 is 9.53 Å². The van der Waals surface area contributed by atoms with Gasteiger partial charge in [0.25, 0.3) is 5.91 Å². The van der Waals surface area contributed by atoms with Crippen LogP contribution in [0.1, 0.15) is 36.0 Å². The molecule has 2 saturated heterocycles. The molecule has 148 valence electrons. The standard InChI is InChI=1S/C23H28N2O2S/c1-28-22-12-10-21(11-13-22)27-20-8-6-18(7-9-20)23(26)25-16-4-5-19(25)17-24-14-2-3-15-24/h6-13,19H,2-5,14-17H2,1H3. The molecule has 0 aliphatic carbocycles. The first-order valence-corrected chi connectivity index (χ1v) is 11.4. The van der Waals surface area contributed by atoms with Crippen LogP contribution in [-0.4, -0.2) is 54.2 Å². The van der Waals surface area contributed by atoms with Crippen LogP contribution in [0.25, 0.3) is 0 Å². The molecule has 2 heterocycles. The molecule has 0 aromatic heterocycles.